The maximum atomic E-state index is 13.0. The second kappa shape index (κ2) is 11.3. The van der Waals surface area contributed by atoms with E-state index in [1.54, 1.807) is 24.3 Å². The van der Waals surface area contributed by atoms with E-state index in [-0.39, 0.29) is 34.4 Å². The van der Waals surface area contributed by atoms with E-state index in [2.05, 4.69) is 4.90 Å². The number of Topliss-reactive ketones (excluding diaryl/α,β-unsaturated/α-hetero) is 1. The molecule has 0 spiro atoms. The topological polar surface area (TPSA) is 84.0 Å². The molecule has 2 aromatic carbocycles. The number of rotatable bonds is 6. The van der Waals surface area contributed by atoms with Crippen molar-refractivity contribution in [3.8, 4) is 0 Å². The molecule has 0 N–H and O–H groups in total. The first-order valence-corrected chi connectivity index (χ1v) is 12.9. The summed E-state index contributed by atoms with van der Waals surface area (Å²) in [7, 11) is 0. The summed E-state index contributed by atoms with van der Waals surface area (Å²) in [5.74, 6) is -1.74. The molecule has 2 aromatic rings. The molecule has 4 rings (SSSR count). The molecule has 1 atom stereocenters. The Labute approximate surface area is 217 Å². The van der Waals surface area contributed by atoms with Crippen molar-refractivity contribution in [1.29, 1.82) is 0 Å². The van der Waals surface area contributed by atoms with Crippen LogP contribution in [-0.2, 0) is 14.3 Å². The average molecular weight is 531 g/mol. The van der Waals surface area contributed by atoms with Crippen LogP contribution in [0.3, 0.4) is 0 Å². The lowest BCUT2D eigenvalue weighted by Crippen LogP contribution is -2.35. The van der Waals surface area contributed by atoms with Crippen LogP contribution in [0.1, 0.15) is 46.4 Å². The van der Waals surface area contributed by atoms with Crippen molar-refractivity contribution in [2.75, 3.05) is 24.6 Å². The van der Waals surface area contributed by atoms with Crippen LogP contribution >= 0.6 is 35.6 Å². The van der Waals surface area contributed by atoms with E-state index in [1.807, 2.05) is 0 Å². The molecule has 7 nitrogen and oxygen atoms in total. The van der Waals surface area contributed by atoms with Gasteiger partial charge in [0.25, 0.3) is 0 Å². The van der Waals surface area contributed by atoms with Crippen LogP contribution in [0, 0.1) is 0 Å². The summed E-state index contributed by atoms with van der Waals surface area (Å²) < 4.78 is 5.76. The van der Waals surface area contributed by atoms with E-state index in [0.29, 0.717) is 10.0 Å². The van der Waals surface area contributed by atoms with Crippen LogP contribution in [0.2, 0.25) is 5.02 Å². The zero-order valence-electron chi connectivity index (χ0n) is 18.8. The number of hydrogen-bond donors (Lipinski definition) is 0. The summed E-state index contributed by atoms with van der Waals surface area (Å²) in [6, 6.07) is 12.4. The number of carbonyl (C=O) groups is 4. The van der Waals surface area contributed by atoms with Crippen LogP contribution < -0.4 is 4.90 Å². The van der Waals surface area contributed by atoms with E-state index in [1.165, 1.54) is 42.4 Å². The lowest BCUT2D eigenvalue weighted by molar-refractivity contribution is -0.121. The Bertz CT molecular complexity index is 1160. The first-order valence-electron chi connectivity index (χ1n) is 11.2. The van der Waals surface area contributed by atoms with Crippen molar-refractivity contribution in [3.05, 3.63) is 64.7 Å². The number of hydrogen-bond acceptors (Lipinski definition) is 7. The van der Waals surface area contributed by atoms with Gasteiger partial charge < -0.3 is 9.64 Å². The number of amides is 2. The SMILES string of the molecule is O=C(OCC(=O)c1ccccc1Cl)c1ccc(N2C(=O)C[C@@H](SC(=S)N3CCCCC3)C2=O)cc1. The number of halogens is 1. The smallest absolute Gasteiger partial charge is 0.338 e. The highest BCUT2D eigenvalue weighted by atomic mass is 35.5. The van der Waals surface area contributed by atoms with Gasteiger partial charge in [-0.3, -0.25) is 14.4 Å². The van der Waals surface area contributed by atoms with Gasteiger partial charge in [-0.15, -0.1) is 0 Å². The average Bonchev–Trinajstić information content (AvgIpc) is 3.15. The van der Waals surface area contributed by atoms with Gasteiger partial charge in [0.2, 0.25) is 17.6 Å². The van der Waals surface area contributed by atoms with Crippen LogP contribution in [0.15, 0.2) is 48.5 Å². The van der Waals surface area contributed by atoms with E-state index >= 15 is 0 Å². The molecule has 2 heterocycles. The number of likely N-dealkylation sites (tertiary alicyclic amines) is 1. The molecule has 2 aliphatic heterocycles. The molecule has 35 heavy (non-hydrogen) atoms. The van der Waals surface area contributed by atoms with Gasteiger partial charge in [-0.1, -0.05) is 47.7 Å². The molecule has 0 bridgehead atoms. The van der Waals surface area contributed by atoms with Crippen molar-refractivity contribution in [3.63, 3.8) is 0 Å². The maximum Gasteiger partial charge on any atom is 0.338 e. The second-order valence-corrected chi connectivity index (χ2v) is 10.5. The number of carbonyl (C=O) groups excluding carboxylic acids is 4. The molecule has 0 aromatic heterocycles. The summed E-state index contributed by atoms with van der Waals surface area (Å²) in [5.41, 5.74) is 0.836. The van der Waals surface area contributed by atoms with Crippen LogP contribution in [0.25, 0.3) is 0 Å². The van der Waals surface area contributed by atoms with E-state index in [4.69, 9.17) is 28.6 Å². The predicted octanol–water partition coefficient (Wildman–Crippen LogP) is 4.52. The summed E-state index contributed by atoms with van der Waals surface area (Å²) in [6.07, 6.45) is 3.41. The molecule has 0 aliphatic carbocycles. The summed E-state index contributed by atoms with van der Waals surface area (Å²) in [5, 5.41) is -0.275. The third-order valence-electron chi connectivity index (χ3n) is 5.83. The van der Waals surface area contributed by atoms with E-state index in [9.17, 15) is 19.2 Å². The Balaban J connectivity index is 1.35. The molecule has 182 valence electrons. The highest BCUT2D eigenvalue weighted by molar-refractivity contribution is 8.23. The first kappa shape index (κ1) is 25.3. The minimum Gasteiger partial charge on any atom is -0.454 e. The summed E-state index contributed by atoms with van der Waals surface area (Å²) >= 11 is 12.8. The molecule has 0 saturated carbocycles. The zero-order chi connectivity index (χ0) is 24.9. The molecular formula is C25H23ClN2O5S2. The minimum atomic E-state index is -0.698. The number of anilines is 1. The Hall–Kier alpha value is -2.75. The lowest BCUT2D eigenvalue weighted by Gasteiger charge is -2.29. The summed E-state index contributed by atoms with van der Waals surface area (Å²) in [6.45, 7) is 1.31. The number of thiocarbonyl (C=S) groups is 1. The van der Waals surface area contributed by atoms with Crippen LogP contribution in [-0.4, -0.2) is 57.7 Å². The van der Waals surface area contributed by atoms with Crippen LogP contribution in [0.4, 0.5) is 5.69 Å². The number of thioether (sulfide) groups is 1. The number of nitrogens with zero attached hydrogens (tertiary/aromatic N) is 2. The Morgan fingerprint density at radius 1 is 1.03 bits per heavy atom. The van der Waals surface area contributed by atoms with Crippen LogP contribution in [0.5, 0.6) is 0 Å². The van der Waals surface area contributed by atoms with Crippen molar-refractivity contribution >= 4 is 69.2 Å². The van der Waals surface area contributed by atoms with Crippen molar-refractivity contribution < 1.29 is 23.9 Å². The molecule has 10 heteroatoms. The highest BCUT2D eigenvalue weighted by Gasteiger charge is 2.41. The van der Waals surface area contributed by atoms with Crippen molar-refractivity contribution in [2.45, 2.75) is 30.9 Å². The summed E-state index contributed by atoms with van der Waals surface area (Å²) in [4.78, 5) is 53.4. The quantitative estimate of drug-likeness (QED) is 0.233. The molecule has 0 unspecified atom stereocenters. The highest BCUT2D eigenvalue weighted by Crippen LogP contribution is 2.32. The van der Waals surface area contributed by atoms with E-state index in [0.717, 1.165) is 30.8 Å². The largest absolute Gasteiger partial charge is 0.454 e. The van der Waals surface area contributed by atoms with Gasteiger partial charge in [0.15, 0.2) is 6.61 Å². The third kappa shape index (κ3) is 5.91. The molecule has 2 saturated heterocycles. The molecule has 2 amide bonds. The van der Waals surface area contributed by atoms with Gasteiger partial charge in [-0.25, -0.2) is 9.69 Å². The standard InChI is InChI=1S/C25H23ClN2O5S2/c26-19-7-3-2-6-18(19)20(29)15-33-24(32)16-8-10-17(11-9-16)28-22(30)14-21(23(28)31)35-25(34)27-12-4-1-5-13-27/h2-3,6-11,21H,1,4-5,12-15H2/t21-/m1/s1. The van der Waals surface area contributed by atoms with Crippen molar-refractivity contribution in [1.82, 2.24) is 4.90 Å². The molecule has 0 radical (unpaired) electrons. The molecule has 2 fully saturated rings. The Morgan fingerprint density at radius 2 is 1.71 bits per heavy atom. The second-order valence-electron chi connectivity index (χ2n) is 8.22. The number of ketones is 1. The van der Waals surface area contributed by atoms with Gasteiger partial charge in [-0.2, -0.15) is 0 Å². The van der Waals surface area contributed by atoms with Gasteiger partial charge in [0.1, 0.15) is 9.57 Å². The van der Waals surface area contributed by atoms with Gasteiger partial charge in [0, 0.05) is 25.1 Å². The van der Waals surface area contributed by atoms with Gasteiger partial charge in [-0.05, 0) is 55.7 Å². The Morgan fingerprint density at radius 3 is 2.40 bits per heavy atom. The van der Waals surface area contributed by atoms with E-state index < -0.39 is 23.6 Å². The monoisotopic (exact) mass is 530 g/mol. The fourth-order valence-electron chi connectivity index (χ4n) is 3.97. The number of benzene rings is 2. The Kier molecular flexibility index (Phi) is 8.20. The third-order valence-corrected chi connectivity index (χ3v) is 7.82. The predicted molar refractivity (Wildman–Crippen MR) is 139 cm³/mol. The lowest BCUT2D eigenvalue weighted by atomic mass is 10.1. The fraction of sp³-hybridized carbons (Fsp3) is 0.320. The minimum absolute atomic E-state index is 0.0748. The number of piperidine rings is 1. The number of esters is 1. The maximum absolute atomic E-state index is 13.0. The number of ether oxygens (including phenoxy) is 1. The van der Waals surface area contributed by atoms with Gasteiger partial charge in [0.05, 0.1) is 16.3 Å². The van der Waals surface area contributed by atoms with Gasteiger partial charge >= 0.3 is 5.97 Å². The zero-order valence-corrected chi connectivity index (χ0v) is 21.2. The normalized spacial score (nSPS) is 18.0. The molecular weight excluding hydrogens is 508 g/mol. The number of imide groups is 1. The fourth-order valence-corrected chi connectivity index (χ4v) is 5.75. The van der Waals surface area contributed by atoms with Crippen molar-refractivity contribution in [2.24, 2.45) is 0 Å². The molecule has 2 aliphatic rings. The first-order chi connectivity index (χ1) is 16.8.